The predicted octanol–water partition coefficient (Wildman–Crippen LogP) is 6.96. The molecule has 0 spiro atoms. The molecular weight excluding hydrogens is 569 g/mol. The third-order valence-corrected chi connectivity index (χ3v) is 23.4. The van der Waals surface area contributed by atoms with E-state index in [1.807, 2.05) is 4.57 Å². The zero-order valence-electron chi connectivity index (χ0n) is 28.5. The molecule has 13 heteroatoms. The van der Waals surface area contributed by atoms with Gasteiger partial charge < -0.3 is 23.3 Å². The van der Waals surface area contributed by atoms with E-state index in [1.165, 1.54) is 0 Å². The molecule has 1 fully saturated rings. The van der Waals surface area contributed by atoms with Gasteiger partial charge >= 0.3 is 0 Å². The molecule has 4 atom stereocenters. The second-order valence-electron chi connectivity index (χ2n) is 16.0. The molecule has 2 aromatic rings. The Bertz CT molecular complexity index is 1200. The summed E-state index contributed by atoms with van der Waals surface area (Å²) in [6.45, 7) is 34.5. The molecule has 0 saturated carbocycles. The summed E-state index contributed by atoms with van der Waals surface area (Å²) >= 11 is 0. The first-order chi connectivity index (χ1) is 18.4. The van der Waals surface area contributed by atoms with E-state index in [9.17, 15) is 0 Å². The van der Waals surface area contributed by atoms with E-state index >= 15 is 0 Å². The summed E-state index contributed by atoms with van der Waals surface area (Å²) in [6.07, 6.45) is 0.209. The van der Waals surface area contributed by atoms with Crippen molar-refractivity contribution in [2.45, 2.75) is 141 Å². The van der Waals surface area contributed by atoms with Crippen LogP contribution in [0.2, 0.25) is 54.4 Å². The zero-order valence-corrected chi connectivity index (χ0v) is 31.5. The van der Waals surface area contributed by atoms with Crippen LogP contribution >= 0.6 is 0 Å². The van der Waals surface area contributed by atoms with E-state index in [-0.39, 0.29) is 33.4 Å². The number of nitrogens with zero attached hydrogens (tertiary/aromatic N) is 5. The number of imidazole rings is 1. The van der Waals surface area contributed by atoms with Crippen molar-refractivity contribution in [1.82, 2.24) is 25.0 Å². The van der Waals surface area contributed by atoms with Gasteiger partial charge in [0, 0.05) is 7.05 Å². The first kappa shape index (κ1) is 34.3. The Morgan fingerprint density at radius 2 is 1.32 bits per heavy atom. The smallest absolute Gasteiger partial charge is 0.192 e. The highest BCUT2D eigenvalue weighted by atomic mass is 28.4. The molecule has 1 N–H and O–H groups in total. The van der Waals surface area contributed by atoms with Crippen LogP contribution in [0.15, 0.2) is 6.33 Å². The van der Waals surface area contributed by atoms with Crippen molar-refractivity contribution in [3.63, 3.8) is 0 Å². The molecule has 3 rings (SSSR count). The number of ether oxygens (including phenoxy) is 1. The molecule has 2 aromatic heterocycles. The zero-order chi connectivity index (χ0) is 31.4. The summed E-state index contributed by atoms with van der Waals surface area (Å²) in [5.74, 6) is 0.570. The van der Waals surface area contributed by atoms with Gasteiger partial charge in [-0.1, -0.05) is 62.3 Å². The highest BCUT2D eigenvalue weighted by Crippen LogP contribution is 2.47. The van der Waals surface area contributed by atoms with Gasteiger partial charge in [0.1, 0.15) is 18.3 Å². The van der Waals surface area contributed by atoms with Gasteiger partial charge in [0.2, 0.25) is 0 Å². The lowest BCUT2D eigenvalue weighted by molar-refractivity contribution is -0.0471. The van der Waals surface area contributed by atoms with Crippen molar-refractivity contribution in [2.24, 2.45) is 0 Å². The average molecular weight is 625 g/mol. The minimum Gasteiger partial charge on any atom is -0.414 e. The molecule has 0 unspecified atom stereocenters. The molecule has 0 amide bonds. The van der Waals surface area contributed by atoms with E-state index in [0.29, 0.717) is 23.6 Å². The van der Waals surface area contributed by atoms with Crippen LogP contribution in [0.1, 0.15) is 68.5 Å². The minimum atomic E-state index is -2.26. The summed E-state index contributed by atoms with van der Waals surface area (Å²) in [7, 11) is -4.75. The second kappa shape index (κ2) is 11.4. The van der Waals surface area contributed by atoms with Gasteiger partial charge in [0.05, 0.1) is 12.9 Å². The minimum absolute atomic E-state index is 0.00513. The summed E-state index contributed by atoms with van der Waals surface area (Å²) in [4.78, 5) is 4.65. The van der Waals surface area contributed by atoms with Crippen molar-refractivity contribution >= 4 is 41.9 Å². The molecule has 0 aliphatic carbocycles. The molecule has 0 aromatic carbocycles. The predicted molar refractivity (Wildman–Crippen MR) is 174 cm³/mol. The van der Waals surface area contributed by atoms with Crippen LogP contribution in [0.5, 0.6) is 0 Å². The fourth-order valence-electron chi connectivity index (χ4n) is 4.01. The van der Waals surface area contributed by atoms with Crippen molar-refractivity contribution in [2.75, 3.05) is 19.0 Å². The Labute approximate surface area is 251 Å². The fraction of sp³-hybridized carbons (Fsp3) is 0.857. The first-order valence-corrected chi connectivity index (χ1v) is 23.5. The van der Waals surface area contributed by atoms with E-state index in [4.69, 9.17) is 18.0 Å². The molecule has 234 valence electrons. The van der Waals surface area contributed by atoms with E-state index in [2.05, 4.69) is 127 Å². The largest absolute Gasteiger partial charge is 0.414 e. The Balaban J connectivity index is 2.16. The number of fused-ring (bicyclic) bond motifs is 1. The van der Waals surface area contributed by atoms with Crippen molar-refractivity contribution in [3.8, 4) is 0 Å². The second-order valence-corrected chi connectivity index (χ2v) is 30.4. The lowest BCUT2D eigenvalue weighted by Crippen LogP contribution is -2.54. The maximum Gasteiger partial charge on any atom is 0.192 e. The molecule has 10 nitrogen and oxygen atoms in total. The number of aromatic nitrogens is 5. The highest BCUT2D eigenvalue weighted by molar-refractivity contribution is 6.75. The Kier molecular flexibility index (Phi) is 9.50. The lowest BCUT2D eigenvalue weighted by atomic mass is 10.1. The molecule has 1 saturated heterocycles. The summed E-state index contributed by atoms with van der Waals surface area (Å²) < 4.78 is 30.1. The average Bonchev–Trinajstić information content (AvgIpc) is 3.36. The van der Waals surface area contributed by atoms with E-state index in [1.54, 1.807) is 13.4 Å². The Morgan fingerprint density at radius 3 is 1.80 bits per heavy atom. The van der Waals surface area contributed by atoms with Gasteiger partial charge in [-0.05, 0) is 59.6 Å². The standard InChI is InChI=1S/C28H56N6O4Si3/c1-26(2,3)39(11,12)35-17-19-21(37-40(13,14)27(4,5)6)22(38-41(15,16)28(7,8)9)25(36-19)34-18-30-20-23(29-10)31-33-32-24(20)34/h18-19,21-22,25H,17H2,1-16H3,(H,29,31,32)/t19-,21-,22-,25-/m1/s1. The van der Waals surface area contributed by atoms with Crippen LogP contribution in [0, 0.1) is 0 Å². The van der Waals surface area contributed by atoms with Crippen LogP contribution in [-0.2, 0) is 18.0 Å². The van der Waals surface area contributed by atoms with Crippen molar-refractivity contribution in [1.29, 1.82) is 0 Å². The van der Waals surface area contributed by atoms with Crippen LogP contribution in [-0.4, -0.2) is 81.9 Å². The maximum absolute atomic E-state index is 7.24. The molecule has 0 radical (unpaired) electrons. The van der Waals surface area contributed by atoms with Crippen LogP contribution in [0.4, 0.5) is 5.82 Å². The Morgan fingerprint density at radius 1 is 0.805 bits per heavy atom. The molecule has 0 bridgehead atoms. The van der Waals surface area contributed by atoms with Crippen molar-refractivity contribution < 1.29 is 18.0 Å². The van der Waals surface area contributed by atoms with Gasteiger partial charge in [-0.2, -0.15) is 0 Å². The number of hydrogen-bond acceptors (Lipinski definition) is 9. The van der Waals surface area contributed by atoms with Crippen LogP contribution in [0.25, 0.3) is 11.2 Å². The third kappa shape index (κ3) is 6.96. The lowest BCUT2D eigenvalue weighted by Gasteiger charge is -2.44. The summed E-state index contributed by atoms with van der Waals surface area (Å²) in [6, 6.07) is 0. The van der Waals surface area contributed by atoms with Gasteiger partial charge in [-0.25, -0.2) is 4.98 Å². The molecule has 1 aliphatic heterocycles. The van der Waals surface area contributed by atoms with Gasteiger partial charge in [0.15, 0.2) is 48.2 Å². The molecule has 41 heavy (non-hydrogen) atoms. The highest BCUT2D eigenvalue weighted by Gasteiger charge is 2.55. The van der Waals surface area contributed by atoms with E-state index < -0.39 is 31.2 Å². The number of hydrogen-bond donors (Lipinski definition) is 1. The maximum atomic E-state index is 7.24. The fourth-order valence-corrected chi connectivity index (χ4v) is 7.63. The Hall–Kier alpha value is -1.23. The number of rotatable bonds is 9. The van der Waals surface area contributed by atoms with Crippen LogP contribution in [0.3, 0.4) is 0 Å². The monoisotopic (exact) mass is 624 g/mol. The SMILES string of the molecule is CNc1nnnc2c1ncn2[C@@H]1O[C@H](CO[Si](C)(C)C(C)(C)C)[C@@H](O[Si](C)(C)C(C)(C)C)[C@H]1O[Si](C)(C)C(C)(C)C. The topological polar surface area (TPSA) is 105 Å². The van der Waals surface area contributed by atoms with Gasteiger partial charge in [-0.15, -0.1) is 10.2 Å². The quantitative estimate of drug-likeness (QED) is 0.296. The molecular formula is C28H56N6O4Si3. The number of nitrogens with one attached hydrogen (secondary N) is 1. The van der Waals surface area contributed by atoms with Crippen LogP contribution < -0.4 is 5.32 Å². The molecule has 3 heterocycles. The third-order valence-electron chi connectivity index (χ3n) is 9.96. The van der Waals surface area contributed by atoms with Crippen molar-refractivity contribution in [3.05, 3.63) is 6.33 Å². The number of anilines is 1. The van der Waals surface area contributed by atoms with Gasteiger partial charge in [-0.3, -0.25) is 4.57 Å². The van der Waals surface area contributed by atoms with E-state index in [0.717, 1.165) is 0 Å². The first-order valence-electron chi connectivity index (χ1n) is 14.8. The van der Waals surface area contributed by atoms with Gasteiger partial charge in [0.25, 0.3) is 0 Å². The summed E-state index contributed by atoms with van der Waals surface area (Å²) in [5.41, 5.74) is 1.23. The normalized spacial score (nSPS) is 23.4. The molecule has 1 aliphatic rings. The summed E-state index contributed by atoms with van der Waals surface area (Å²) in [5, 5.41) is 15.6.